The number of aromatic nitrogens is 1. The van der Waals surface area contributed by atoms with Crippen LogP contribution in [0.5, 0.6) is 0 Å². The fourth-order valence-electron chi connectivity index (χ4n) is 2.15. The van der Waals surface area contributed by atoms with Crippen LogP contribution >= 0.6 is 11.3 Å². The third-order valence-electron chi connectivity index (χ3n) is 3.10. The number of aryl methyl sites for hydroxylation is 1. The first-order chi connectivity index (χ1) is 8.45. The molecular formula is C10H16N2O4S2. The molecule has 1 aliphatic rings. The van der Waals surface area contributed by atoms with Crippen LogP contribution in [0, 0.1) is 12.8 Å². The van der Waals surface area contributed by atoms with Gasteiger partial charge in [-0.3, -0.25) is 4.79 Å². The molecule has 18 heavy (non-hydrogen) atoms. The van der Waals surface area contributed by atoms with Crippen LogP contribution in [0.1, 0.15) is 18.5 Å². The summed E-state index contributed by atoms with van der Waals surface area (Å²) in [5.41, 5.74) is 0.385. The zero-order valence-corrected chi connectivity index (χ0v) is 11.7. The van der Waals surface area contributed by atoms with Crippen molar-refractivity contribution in [2.45, 2.75) is 24.0 Å². The minimum atomic E-state index is -3.61. The van der Waals surface area contributed by atoms with Gasteiger partial charge in [0, 0.05) is 25.4 Å². The van der Waals surface area contributed by atoms with Gasteiger partial charge < -0.3 is 10.1 Å². The number of aromatic amines is 1. The largest absolute Gasteiger partial charge is 0.396 e. The van der Waals surface area contributed by atoms with Crippen molar-refractivity contribution < 1.29 is 13.5 Å². The molecule has 0 bridgehead atoms. The smallest absolute Gasteiger partial charge is 0.305 e. The van der Waals surface area contributed by atoms with Crippen molar-refractivity contribution in [1.29, 1.82) is 0 Å². The Bertz CT molecular complexity index is 575. The predicted molar refractivity (Wildman–Crippen MR) is 68.2 cm³/mol. The van der Waals surface area contributed by atoms with Gasteiger partial charge in [0.15, 0.2) is 4.21 Å². The number of nitrogens with one attached hydrogen (secondary N) is 1. The number of sulfonamides is 1. The molecular weight excluding hydrogens is 276 g/mol. The molecule has 2 heterocycles. The lowest BCUT2D eigenvalue weighted by molar-refractivity contribution is 0.165. The molecule has 2 rings (SSSR count). The van der Waals surface area contributed by atoms with Gasteiger partial charge in [-0.05, 0) is 25.7 Å². The number of H-pyrrole nitrogens is 1. The monoisotopic (exact) mass is 292 g/mol. The molecule has 0 amide bonds. The molecule has 0 spiro atoms. The molecule has 1 fully saturated rings. The quantitative estimate of drug-likeness (QED) is 0.829. The van der Waals surface area contributed by atoms with Crippen LogP contribution in [-0.4, -0.2) is 42.5 Å². The van der Waals surface area contributed by atoms with Crippen LogP contribution < -0.4 is 4.87 Å². The Balaban J connectivity index is 2.31. The number of aliphatic hydroxyl groups excluding tert-OH is 1. The molecule has 0 radical (unpaired) electrons. The number of hydrogen-bond donors (Lipinski definition) is 2. The summed E-state index contributed by atoms with van der Waals surface area (Å²) >= 11 is 0.721. The molecule has 6 nitrogen and oxygen atoms in total. The van der Waals surface area contributed by atoms with Gasteiger partial charge in [0.05, 0.1) is 0 Å². The number of nitrogens with zero attached hydrogens (tertiary/aromatic N) is 1. The summed E-state index contributed by atoms with van der Waals surface area (Å²) in [6, 6.07) is 0. The third-order valence-corrected chi connectivity index (χ3v) is 6.54. The molecule has 1 atom stereocenters. The van der Waals surface area contributed by atoms with Gasteiger partial charge in [0.25, 0.3) is 10.0 Å². The van der Waals surface area contributed by atoms with Crippen LogP contribution in [0.2, 0.25) is 0 Å². The number of thiazole rings is 1. The predicted octanol–water partition coefficient (Wildman–Crippen LogP) is 0.138. The van der Waals surface area contributed by atoms with Gasteiger partial charge in [-0.25, -0.2) is 8.42 Å². The standard InChI is InChI=1S/C10H16N2O4S2/c1-7-9(17-10(14)11-7)18(15,16)12-4-2-3-8(5-12)6-13/h8,13H,2-6H2,1H3,(H,11,14). The van der Waals surface area contributed by atoms with Crippen LogP contribution in [0.3, 0.4) is 0 Å². The van der Waals surface area contributed by atoms with Crippen molar-refractivity contribution in [3.8, 4) is 0 Å². The maximum atomic E-state index is 12.4. The van der Waals surface area contributed by atoms with Gasteiger partial charge in [0.2, 0.25) is 0 Å². The second-order valence-electron chi connectivity index (χ2n) is 4.48. The van der Waals surface area contributed by atoms with Gasteiger partial charge in [-0.1, -0.05) is 11.3 Å². The maximum Gasteiger partial charge on any atom is 0.305 e. The molecule has 1 aromatic heterocycles. The Morgan fingerprint density at radius 2 is 2.28 bits per heavy atom. The van der Waals surface area contributed by atoms with E-state index in [4.69, 9.17) is 5.11 Å². The van der Waals surface area contributed by atoms with Gasteiger partial charge in [-0.2, -0.15) is 4.31 Å². The summed E-state index contributed by atoms with van der Waals surface area (Å²) in [5, 5.41) is 9.13. The van der Waals surface area contributed by atoms with E-state index in [1.54, 1.807) is 6.92 Å². The molecule has 2 N–H and O–H groups in total. The van der Waals surface area contributed by atoms with E-state index < -0.39 is 10.0 Å². The van der Waals surface area contributed by atoms with E-state index in [0.29, 0.717) is 18.8 Å². The summed E-state index contributed by atoms with van der Waals surface area (Å²) < 4.78 is 26.2. The molecule has 1 aliphatic heterocycles. The summed E-state index contributed by atoms with van der Waals surface area (Å²) in [6.45, 7) is 2.35. The molecule has 1 saturated heterocycles. The summed E-state index contributed by atoms with van der Waals surface area (Å²) in [7, 11) is -3.61. The minimum Gasteiger partial charge on any atom is -0.396 e. The van der Waals surface area contributed by atoms with Crippen molar-refractivity contribution in [1.82, 2.24) is 9.29 Å². The lowest BCUT2D eigenvalue weighted by atomic mass is 10.0. The van der Waals surface area contributed by atoms with E-state index in [0.717, 1.165) is 24.2 Å². The van der Waals surface area contributed by atoms with Crippen molar-refractivity contribution in [2.75, 3.05) is 19.7 Å². The number of aliphatic hydroxyl groups is 1. The van der Waals surface area contributed by atoms with Crippen molar-refractivity contribution in [3.63, 3.8) is 0 Å². The van der Waals surface area contributed by atoms with Gasteiger partial charge in [-0.15, -0.1) is 0 Å². The van der Waals surface area contributed by atoms with Crippen molar-refractivity contribution in [2.24, 2.45) is 5.92 Å². The van der Waals surface area contributed by atoms with E-state index in [-0.39, 0.29) is 21.6 Å². The molecule has 0 aliphatic carbocycles. The topological polar surface area (TPSA) is 90.5 Å². The number of piperidine rings is 1. The van der Waals surface area contributed by atoms with E-state index in [1.165, 1.54) is 4.31 Å². The Labute approximate surface area is 109 Å². The first-order valence-corrected chi connectivity index (χ1v) is 8.01. The Hall–Kier alpha value is -0.700. The third kappa shape index (κ3) is 2.51. The van der Waals surface area contributed by atoms with E-state index in [2.05, 4.69) is 4.98 Å². The second kappa shape index (κ2) is 5.12. The van der Waals surface area contributed by atoms with E-state index in [1.807, 2.05) is 0 Å². The minimum absolute atomic E-state index is 0.00558. The molecule has 0 aromatic carbocycles. The van der Waals surface area contributed by atoms with Crippen LogP contribution in [0.25, 0.3) is 0 Å². The maximum absolute atomic E-state index is 12.4. The van der Waals surface area contributed by atoms with Crippen molar-refractivity contribution in [3.05, 3.63) is 15.4 Å². The van der Waals surface area contributed by atoms with Crippen molar-refractivity contribution >= 4 is 21.4 Å². The summed E-state index contributed by atoms with van der Waals surface area (Å²) in [6.07, 6.45) is 1.58. The highest BCUT2D eigenvalue weighted by atomic mass is 32.2. The zero-order chi connectivity index (χ0) is 13.3. The lowest BCUT2D eigenvalue weighted by Crippen LogP contribution is -2.40. The van der Waals surface area contributed by atoms with Crippen LogP contribution in [0.15, 0.2) is 9.00 Å². The highest BCUT2D eigenvalue weighted by molar-refractivity contribution is 7.91. The normalized spacial score (nSPS) is 22.2. The average Bonchev–Trinajstić information content (AvgIpc) is 2.69. The second-order valence-corrected chi connectivity index (χ2v) is 7.60. The molecule has 1 aromatic rings. The number of rotatable bonds is 3. The number of hydrogen-bond acceptors (Lipinski definition) is 5. The van der Waals surface area contributed by atoms with Gasteiger partial charge in [0.1, 0.15) is 0 Å². The summed E-state index contributed by atoms with van der Waals surface area (Å²) in [5.74, 6) is -0.00973. The Morgan fingerprint density at radius 1 is 1.56 bits per heavy atom. The summed E-state index contributed by atoms with van der Waals surface area (Å²) in [4.78, 5) is 13.3. The molecule has 8 heteroatoms. The first-order valence-electron chi connectivity index (χ1n) is 5.76. The SMILES string of the molecule is Cc1[nH]c(=O)sc1S(=O)(=O)N1CCCC(CO)C1. The fraction of sp³-hybridized carbons (Fsp3) is 0.700. The van der Waals surface area contributed by atoms with E-state index >= 15 is 0 Å². The molecule has 1 unspecified atom stereocenters. The van der Waals surface area contributed by atoms with Crippen LogP contribution in [0.4, 0.5) is 0 Å². The van der Waals surface area contributed by atoms with Gasteiger partial charge >= 0.3 is 4.87 Å². The average molecular weight is 292 g/mol. The highest BCUT2D eigenvalue weighted by Gasteiger charge is 2.32. The molecule has 102 valence electrons. The highest BCUT2D eigenvalue weighted by Crippen LogP contribution is 2.26. The molecule has 0 saturated carbocycles. The fourth-order valence-corrected chi connectivity index (χ4v) is 5.14. The van der Waals surface area contributed by atoms with E-state index in [9.17, 15) is 13.2 Å². The zero-order valence-electron chi connectivity index (χ0n) is 10.0. The Morgan fingerprint density at radius 3 is 2.83 bits per heavy atom. The van der Waals surface area contributed by atoms with Crippen LogP contribution in [-0.2, 0) is 10.0 Å². The first kappa shape index (κ1) is 13.7. The lowest BCUT2D eigenvalue weighted by Gasteiger charge is -2.30. The Kier molecular flexibility index (Phi) is 3.90.